The number of pyridine rings is 1. The van der Waals surface area contributed by atoms with Crippen molar-refractivity contribution in [2.45, 2.75) is 19.3 Å². The number of nitrogens with zero attached hydrogens (tertiary/aromatic N) is 4. The fraction of sp³-hybridized carbons (Fsp3) is 0.375. The Bertz CT molecular complexity index is 1430. The van der Waals surface area contributed by atoms with Gasteiger partial charge in [0.15, 0.2) is 0 Å². The standard InChI is InChI=1S/C32H37N5O5/c1-35(14-15-36-16-18-42-19-17-36)31(39)24-7-5-6-23(20-24)30(38)34-28-9-8-26(37-12-3-2-4-13-37)22-27(28)29-21-25(32(40)41)10-11-33-29/h5-11,20-22H,2-4,12-19H2,1H3,(H,34,38)(H,40,41). The normalized spacial score (nSPS) is 15.7. The minimum absolute atomic E-state index is 0.115. The lowest BCUT2D eigenvalue weighted by Gasteiger charge is -2.29. The van der Waals surface area contributed by atoms with Crippen LogP contribution in [0.5, 0.6) is 0 Å². The number of nitrogens with one attached hydrogen (secondary N) is 1. The van der Waals surface area contributed by atoms with E-state index < -0.39 is 5.97 Å². The third kappa shape index (κ3) is 7.13. The molecule has 0 aliphatic carbocycles. The second kappa shape index (κ2) is 13.6. The van der Waals surface area contributed by atoms with Crippen molar-refractivity contribution < 1.29 is 24.2 Å². The number of benzene rings is 2. The molecule has 0 unspecified atom stereocenters. The number of carbonyl (C=O) groups is 3. The predicted octanol–water partition coefficient (Wildman–Crippen LogP) is 4.09. The van der Waals surface area contributed by atoms with Crippen LogP contribution in [-0.2, 0) is 4.74 Å². The number of hydrogen-bond acceptors (Lipinski definition) is 7. The van der Waals surface area contributed by atoms with Crippen LogP contribution in [0.1, 0.15) is 50.3 Å². The van der Waals surface area contributed by atoms with Crippen molar-refractivity contribution in [3.8, 4) is 11.3 Å². The van der Waals surface area contributed by atoms with E-state index in [2.05, 4.69) is 20.1 Å². The first-order chi connectivity index (χ1) is 20.4. The Balaban J connectivity index is 1.35. The monoisotopic (exact) mass is 571 g/mol. The second-order valence-electron chi connectivity index (χ2n) is 10.7. The van der Waals surface area contributed by atoms with Gasteiger partial charge in [-0.25, -0.2) is 4.79 Å². The molecule has 3 aromatic rings. The molecule has 42 heavy (non-hydrogen) atoms. The van der Waals surface area contributed by atoms with E-state index in [1.807, 2.05) is 18.2 Å². The zero-order valence-corrected chi connectivity index (χ0v) is 23.9. The van der Waals surface area contributed by atoms with Crippen LogP contribution >= 0.6 is 0 Å². The van der Waals surface area contributed by atoms with Gasteiger partial charge < -0.3 is 25.0 Å². The maximum Gasteiger partial charge on any atom is 0.335 e. The number of anilines is 2. The summed E-state index contributed by atoms with van der Waals surface area (Å²) in [5.41, 5.74) is 3.49. The van der Waals surface area contributed by atoms with Crippen molar-refractivity contribution in [2.75, 3.05) is 69.7 Å². The van der Waals surface area contributed by atoms with Gasteiger partial charge in [0.1, 0.15) is 0 Å². The number of aromatic nitrogens is 1. The van der Waals surface area contributed by atoms with Gasteiger partial charge in [-0.1, -0.05) is 6.07 Å². The molecule has 2 N–H and O–H groups in total. The number of likely N-dealkylation sites (N-methyl/N-ethyl adjacent to an activating group) is 1. The highest BCUT2D eigenvalue weighted by molar-refractivity contribution is 6.08. The molecule has 3 heterocycles. The lowest BCUT2D eigenvalue weighted by Crippen LogP contribution is -2.41. The number of carbonyl (C=O) groups excluding carboxylic acids is 2. The molecule has 1 aromatic heterocycles. The molecular formula is C32H37N5O5. The quantitative estimate of drug-likeness (QED) is 0.395. The molecule has 10 nitrogen and oxygen atoms in total. The number of ether oxygens (including phenoxy) is 1. The van der Waals surface area contributed by atoms with Gasteiger partial charge in [-0.2, -0.15) is 0 Å². The van der Waals surface area contributed by atoms with Crippen molar-refractivity contribution >= 4 is 29.2 Å². The minimum Gasteiger partial charge on any atom is -0.478 e. The number of piperidine rings is 1. The first-order valence-electron chi connectivity index (χ1n) is 14.4. The van der Waals surface area contributed by atoms with Crippen molar-refractivity contribution in [2.24, 2.45) is 0 Å². The van der Waals surface area contributed by atoms with E-state index >= 15 is 0 Å². The molecule has 0 radical (unpaired) electrons. The number of hydrogen-bond donors (Lipinski definition) is 2. The molecule has 2 saturated heterocycles. The summed E-state index contributed by atoms with van der Waals surface area (Å²) >= 11 is 0. The maximum absolute atomic E-state index is 13.5. The third-order valence-electron chi connectivity index (χ3n) is 7.83. The Morgan fingerprint density at radius 3 is 2.45 bits per heavy atom. The van der Waals surface area contributed by atoms with E-state index in [0.717, 1.165) is 51.3 Å². The van der Waals surface area contributed by atoms with Crippen LogP contribution in [0.25, 0.3) is 11.3 Å². The van der Waals surface area contributed by atoms with E-state index in [1.54, 1.807) is 36.2 Å². The average molecular weight is 572 g/mol. The van der Waals surface area contributed by atoms with Crippen molar-refractivity contribution in [3.05, 3.63) is 77.5 Å². The van der Waals surface area contributed by atoms with Crippen LogP contribution < -0.4 is 10.2 Å². The van der Waals surface area contributed by atoms with Crippen molar-refractivity contribution in [1.29, 1.82) is 0 Å². The van der Waals surface area contributed by atoms with Gasteiger partial charge in [-0.05, 0) is 67.8 Å². The summed E-state index contributed by atoms with van der Waals surface area (Å²) in [6.07, 6.45) is 4.88. The molecule has 220 valence electrons. The van der Waals surface area contributed by atoms with Gasteiger partial charge in [-0.3, -0.25) is 19.5 Å². The molecule has 2 amide bonds. The third-order valence-corrected chi connectivity index (χ3v) is 7.83. The molecule has 2 aliphatic rings. The largest absolute Gasteiger partial charge is 0.478 e. The van der Waals surface area contributed by atoms with Gasteiger partial charge in [0.05, 0.1) is 30.2 Å². The summed E-state index contributed by atoms with van der Waals surface area (Å²) in [6.45, 7) is 6.34. The van der Waals surface area contributed by atoms with Crippen LogP contribution in [0.4, 0.5) is 11.4 Å². The minimum atomic E-state index is -1.05. The van der Waals surface area contributed by atoms with Gasteiger partial charge in [0.25, 0.3) is 11.8 Å². The fourth-order valence-electron chi connectivity index (χ4n) is 5.34. The van der Waals surface area contributed by atoms with E-state index in [-0.39, 0.29) is 17.4 Å². The van der Waals surface area contributed by atoms with Gasteiger partial charge in [-0.15, -0.1) is 0 Å². The van der Waals surface area contributed by atoms with Crippen molar-refractivity contribution in [3.63, 3.8) is 0 Å². The van der Waals surface area contributed by atoms with Crippen molar-refractivity contribution in [1.82, 2.24) is 14.8 Å². The molecule has 0 spiro atoms. The molecule has 0 saturated carbocycles. The van der Waals surface area contributed by atoms with E-state index in [1.165, 1.54) is 24.8 Å². The van der Waals surface area contributed by atoms with Crippen LogP contribution in [0.2, 0.25) is 0 Å². The molecule has 5 rings (SSSR count). The average Bonchev–Trinajstić information content (AvgIpc) is 3.04. The van der Waals surface area contributed by atoms with E-state index in [4.69, 9.17) is 4.74 Å². The number of carboxylic acid groups (broad SMARTS) is 1. The smallest absolute Gasteiger partial charge is 0.335 e. The lowest BCUT2D eigenvalue weighted by molar-refractivity contribution is 0.0338. The summed E-state index contributed by atoms with van der Waals surface area (Å²) in [4.78, 5) is 48.9. The summed E-state index contributed by atoms with van der Waals surface area (Å²) in [6, 6.07) is 15.4. The summed E-state index contributed by atoms with van der Waals surface area (Å²) in [7, 11) is 1.77. The van der Waals surface area contributed by atoms with E-state index in [0.29, 0.717) is 47.8 Å². The second-order valence-corrected chi connectivity index (χ2v) is 10.7. The highest BCUT2D eigenvalue weighted by atomic mass is 16.5. The van der Waals surface area contributed by atoms with E-state index in [9.17, 15) is 19.5 Å². The SMILES string of the molecule is CN(CCN1CCOCC1)C(=O)c1cccc(C(=O)Nc2ccc(N3CCCCC3)cc2-c2cc(C(=O)O)ccn2)c1. The molecular weight excluding hydrogens is 534 g/mol. The first-order valence-corrected chi connectivity index (χ1v) is 14.4. The highest BCUT2D eigenvalue weighted by Crippen LogP contribution is 2.33. The number of morpholine rings is 1. The summed E-state index contributed by atoms with van der Waals surface area (Å²) < 4.78 is 5.39. The van der Waals surface area contributed by atoms with Gasteiger partial charge in [0.2, 0.25) is 0 Å². The number of amides is 2. The Labute approximate surface area is 245 Å². The molecule has 0 bridgehead atoms. The van der Waals surface area contributed by atoms with Crippen LogP contribution in [-0.4, -0.2) is 97.2 Å². The topological polar surface area (TPSA) is 115 Å². The molecule has 10 heteroatoms. The zero-order valence-electron chi connectivity index (χ0n) is 23.9. The lowest BCUT2D eigenvalue weighted by atomic mass is 10.0. The van der Waals surface area contributed by atoms with Crippen LogP contribution in [0, 0.1) is 0 Å². The number of rotatable bonds is 9. The zero-order chi connectivity index (χ0) is 29.5. The summed E-state index contributed by atoms with van der Waals surface area (Å²) in [5, 5.41) is 12.5. The Morgan fingerprint density at radius 1 is 0.929 bits per heavy atom. The number of carboxylic acids is 1. The summed E-state index contributed by atoms with van der Waals surface area (Å²) in [5.74, 6) is -1.58. The maximum atomic E-state index is 13.5. The van der Waals surface area contributed by atoms with Crippen LogP contribution in [0.15, 0.2) is 60.8 Å². The Morgan fingerprint density at radius 2 is 1.69 bits per heavy atom. The number of aromatic carboxylic acids is 1. The van der Waals surface area contributed by atoms with Gasteiger partial charge >= 0.3 is 5.97 Å². The Hall–Kier alpha value is -4.28. The van der Waals surface area contributed by atoms with Crippen LogP contribution in [0.3, 0.4) is 0 Å². The predicted molar refractivity (Wildman–Crippen MR) is 161 cm³/mol. The molecule has 2 aromatic carbocycles. The molecule has 0 atom stereocenters. The fourth-order valence-corrected chi connectivity index (χ4v) is 5.34. The Kier molecular flexibility index (Phi) is 9.45. The molecule has 2 fully saturated rings. The molecule has 2 aliphatic heterocycles. The van der Waals surface area contributed by atoms with Gasteiger partial charge in [0, 0.05) is 74.9 Å². The highest BCUT2D eigenvalue weighted by Gasteiger charge is 2.20. The first kappa shape index (κ1) is 29.2.